The molecule has 2 amide bonds. The molecule has 0 aromatic carbocycles. The molecule has 0 aliphatic carbocycles. The van der Waals surface area contributed by atoms with Gasteiger partial charge in [0.05, 0.1) is 6.04 Å². The number of carboxylic acid groups (broad SMARTS) is 2. The molecule has 1 rings (SSSR count). The predicted octanol–water partition coefficient (Wildman–Crippen LogP) is -1.24. The molecule has 1 heterocycles. The van der Waals surface area contributed by atoms with Crippen LogP contribution in [0.4, 0.5) is 0 Å². The zero-order valence-corrected chi connectivity index (χ0v) is 12.3. The van der Waals surface area contributed by atoms with E-state index in [4.69, 9.17) is 15.9 Å². The fourth-order valence-electron chi connectivity index (χ4n) is 2.33. The van der Waals surface area contributed by atoms with Crippen molar-refractivity contribution >= 4 is 23.8 Å². The van der Waals surface area contributed by atoms with E-state index in [9.17, 15) is 19.2 Å². The molecule has 9 nitrogen and oxygen atoms in total. The van der Waals surface area contributed by atoms with Crippen molar-refractivity contribution in [3.05, 3.63) is 0 Å². The van der Waals surface area contributed by atoms with Gasteiger partial charge >= 0.3 is 11.9 Å². The predicted molar refractivity (Wildman–Crippen MR) is 74.8 cm³/mol. The first-order valence-electron chi connectivity index (χ1n) is 7.05. The van der Waals surface area contributed by atoms with Crippen molar-refractivity contribution in [2.24, 2.45) is 5.73 Å². The van der Waals surface area contributed by atoms with E-state index in [2.05, 4.69) is 5.32 Å². The lowest BCUT2D eigenvalue weighted by Gasteiger charge is -2.26. The summed E-state index contributed by atoms with van der Waals surface area (Å²) < 4.78 is 0. The van der Waals surface area contributed by atoms with E-state index in [0.29, 0.717) is 19.4 Å². The number of aliphatic carboxylic acids is 2. The Morgan fingerprint density at radius 3 is 2.50 bits per heavy atom. The molecule has 1 aliphatic heterocycles. The monoisotopic (exact) mass is 315 g/mol. The maximum Gasteiger partial charge on any atom is 0.326 e. The minimum absolute atomic E-state index is 0.0382. The van der Waals surface area contributed by atoms with E-state index in [-0.39, 0.29) is 12.8 Å². The SMILES string of the molecule is C[C@H](NC(=O)[C@@H](N)CCC(=O)O)C(=O)N1CCC[C@H]1C(=O)O. The van der Waals surface area contributed by atoms with Crippen LogP contribution < -0.4 is 11.1 Å². The van der Waals surface area contributed by atoms with Crippen molar-refractivity contribution in [2.45, 2.75) is 50.7 Å². The summed E-state index contributed by atoms with van der Waals surface area (Å²) in [7, 11) is 0. The lowest BCUT2D eigenvalue weighted by molar-refractivity contribution is -0.149. The van der Waals surface area contributed by atoms with Gasteiger partial charge in [0.15, 0.2) is 0 Å². The van der Waals surface area contributed by atoms with Gasteiger partial charge in [-0.3, -0.25) is 14.4 Å². The Balaban J connectivity index is 2.54. The third-order valence-electron chi connectivity index (χ3n) is 3.56. The van der Waals surface area contributed by atoms with Crippen molar-refractivity contribution < 1.29 is 29.4 Å². The molecule has 0 spiro atoms. The molecule has 0 saturated carbocycles. The number of hydrogen-bond acceptors (Lipinski definition) is 5. The summed E-state index contributed by atoms with van der Waals surface area (Å²) in [6.07, 6.45) is 0.703. The Labute approximate surface area is 127 Å². The van der Waals surface area contributed by atoms with Crippen LogP contribution in [0.2, 0.25) is 0 Å². The third kappa shape index (κ3) is 4.69. The molecule has 0 bridgehead atoms. The number of nitrogens with one attached hydrogen (secondary N) is 1. The van der Waals surface area contributed by atoms with Crippen molar-refractivity contribution in [1.29, 1.82) is 0 Å². The van der Waals surface area contributed by atoms with Crippen LogP contribution in [0.25, 0.3) is 0 Å². The van der Waals surface area contributed by atoms with Gasteiger partial charge in [0.25, 0.3) is 0 Å². The second-order valence-electron chi connectivity index (χ2n) is 5.30. The third-order valence-corrected chi connectivity index (χ3v) is 3.56. The molecular weight excluding hydrogens is 294 g/mol. The highest BCUT2D eigenvalue weighted by Gasteiger charge is 2.36. The van der Waals surface area contributed by atoms with Gasteiger partial charge in [0.1, 0.15) is 12.1 Å². The van der Waals surface area contributed by atoms with Gasteiger partial charge in [-0.2, -0.15) is 0 Å². The maximum atomic E-state index is 12.2. The second-order valence-corrected chi connectivity index (χ2v) is 5.30. The number of rotatable bonds is 7. The number of likely N-dealkylation sites (tertiary alicyclic amines) is 1. The zero-order chi connectivity index (χ0) is 16.9. The first-order chi connectivity index (χ1) is 10.2. The lowest BCUT2D eigenvalue weighted by atomic mass is 10.1. The number of hydrogen-bond donors (Lipinski definition) is 4. The summed E-state index contributed by atoms with van der Waals surface area (Å²) in [6.45, 7) is 1.78. The fraction of sp³-hybridized carbons (Fsp3) is 0.692. The highest BCUT2D eigenvalue weighted by atomic mass is 16.4. The molecule has 0 aromatic rings. The zero-order valence-electron chi connectivity index (χ0n) is 12.3. The van der Waals surface area contributed by atoms with Crippen LogP contribution in [0.15, 0.2) is 0 Å². The van der Waals surface area contributed by atoms with Crippen LogP contribution in [0.3, 0.4) is 0 Å². The van der Waals surface area contributed by atoms with E-state index in [0.717, 1.165) is 0 Å². The van der Waals surface area contributed by atoms with Crippen LogP contribution >= 0.6 is 0 Å². The van der Waals surface area contributed by atoms with Crippen LogP contribution in [0.5, 0.6) is 0 Å². The van der Waals surface area contributed by atoms with Crippen LogP contribution in [-0.2, 0) is 19.2 Å². The fourth-order valence-corrected chi connectivity index (χ4v) is 2.33. The Morgan fingerprint density at radius 2 is 1.95 bits per heavy atom. The Kier molecular flexibility index (Phi) is 6.29. The topological polar surface area (TPSA) is 150 Å². The summed E-state index contributed by atoms with van der Waals surface area (Å²) in [5.74, 6) is -3.24. The number of carboxylic acids is 2. The lowest BCUT2D eigenvalue weighted by Crippen LogP contribution is -2.53. The van der Waals surface area contributed by atoms with E-state index in [1.54, 1.807) is 0 Å². The molecule has 1 aliphatic rings. The number of nitrogens with zero attached hydrogens (tertiary/aromatic N) is 1. The molecular formula is C13H21N3O6. The molecule has 1 saturated heterocycles. The second kappa shape index (κ2) is 7.74. The first kappa shape index (κ1) is 17.9. The number of carbonyl (C=O) groups excluding carboxylic acids is 2. The van der Waals surface area contributed by atoms with Gasteiger partial charge in [-0.15, -0.1) is 0 Å². The number of nitrogens with two attached hydrogens (primary N) is 1. The van der Waals surface area contributed by atoms with Gasteiger partial charge in [-0.25, -0.2) is 4.79 Å². The number of amides is 2. The average molecular weight is 315 g/mol. The standard InChI is InChI=1S/C13H21N3O6/c1-7(15-11(19)8(14)4-5-10(17)18)12(20)16-6-2-3-9(16)13(21)22/h7-9H,2-6,14H2,1H3,(H,15,19)(H,17,18)(H,21,22)/t7-,8-,9-/m0/s1. The summed E-state index contributed by atoms with van der Waals surface area (Å²) in [4.78, 5) is 46.7. The summed E-state index contributed by atoms with van der Waals surface area (Å²) >= 11 is 0. The summed E-state index contributed by atoms with van der Waals surface area (Å²) in [5, 5.41) is 20.0. The molecule has 1 fully saturated rings. The van der Waals surface area contributed by atoms with Gasteiger partial charge < -0.3 is 26.2 Å². The van der Waals surface area contributed by atoms with Crippen molar-refractivity contribution in [3.8, 4) is 0 Å². The van der Waals surface area contributed by atoms with Crippen LogP contribution in [-0.4, -0.2) is 63.5 Å². The van der Waals surface area contributed by atoms with E-state index in [1.807, 2.05) is 0 Å². The summed E-state index contributed by atoms with van der Waals surface area (Å²) in [6, 6.07) is -2.81. The van der Waals surface area contributed by atoms with E-state index < -0.39 is 41.9 Å². The van der Waals surface area contributed by atoms with Gasteiger partial charge in [-0.05, 0) is 26.2 Å². The van der Waals surface area contributed by atoms with Crippen molar-refractivity contribution in [3.63, 3.8) is 0 Å². The molecule has 22 heavy (non-hydrogen) atoms. The van der Waals surface area contributed by atoms with Gasteiger partial charge in [0.2, 0.25) is 11.8 Å². The largest absolute Gasteiger partial charge is 0.481 e. The normalized spacial score (nSPS) is 20.3. The highest BCUT2D eigenvalue weighted by Crippen LogP contribution is 2.18. The Hall–Kier alpha value is -2.16. The molecule has 0 aromatic heterocycles. The Morgan fingerprint density at radius 1 is 1.32 bits per heavy atom. The maximum absolute atomic E-state index is 12.2. The Bertz CT molecular complexity index is 467. The van der Waals surface area contributed by atoms with Gasteiger partial charge in [-0.1, -0.05) is 0 Å². The van der Waals surface area contributed by atoms with Crippen LogP contribution in [0, 0.1) is 0 Å². The van der Waals surface area contributed by atoms with E-state index >= 15 is 0 Å². The van der Waals surface area contributed by atoms with Gasteiger partial charge in [0, 0.05) is 13.0 Å². The molecule has 5 N–H and O–H groups in total. The molecule has 0 radical (unpaired) electrons. The minimum Gasteiger partial charge on any atom is -0.481 e. The molecule has 124 valence electrons. The van der Waals surface area contributed by atoms with Crippen molar-refractivity contribution in [1.82, 2.24) is 10.2 Å². The molecule has 9 heteroatoms. The average Bonchev–Trinajstić information content (AvgIpc) is 2.92. The molecule has 0 unspecified atom stereocenters. The quantitative estimate of drug-likeness (QED) is 0.459. The smallest absolute Gasteiger partial charge is 0.326 e. The van der Waals surface area contributed by atoms with E-state index in [1.165, 1.54) is 11.8 Å². The summed E-state index contributed by atoms with van der Waals surface area (Å²) in [5.41, 5.74) is 5.55. The number of carbonyl (C=O) groups is 4. The minimum atomic E-state index is -1.07. The highest BCUT2D eigenvalue weighted by molar-refractivity contribution is 5.91. The van der Waals surface area contributed by atoms with Crippen LogP contribution in [0.1, 0.15) is 32.6 Å². The van der Waals surface area contributed by atoms with Crippen molar-refractivity contribution in [2.75, 3.05) is 6.54 Å². The molecule has 3 atom stereocenters. The first-order valence-corrected chi connectivity index (χ1v) is 7.05.